The van der Waals surface area contributed by atoms with Crippen LogP contribution in [0.5, 0.6) is 0 Å². The van der Waals surface area contributed by atoms with Crippen LogP contribution in [-0.2, 0) is 0 Å². The van der Waals surface area contributed by atoms with Gasteiger partial charge in [0.25, 0.3) is 6.43 Å². The van der Waals surface area contributed by atoms with Crippen LogP contribution in [0.15, 0.2) is 12.4 Å². The van der Waals surface area contributed by atoms with Gasteiger partial charge in [0.2, 0.25) is 0 Å². The van der Waals surface area contributed by atoms with Gasteiger partial charge in [0, 0.05) is 24.8 Å². The minimum Gasteiger partial charge on any atom is -0.348 e. The van der Waals surface area contributed by atoms with E-state index in [9.17, 15) is 8.78 Å². The topological polar surface area (TPSA) is 29.0 Å². The summed E-state index contributed by atoms with van der Waals surface area (Å²) in [6.07, 6.45) is 0.601. The lowest BCUT2D eigenvalue weighted by atomic mass is 10.4. The molecule has 0 saturated carbocycles. The minimum absolute atomic E-state index is 0.280. The lowest BCUT2D eigenvalue weighted by Crippen LogP contribution is -2.32. The Bertz CT molecular complexity index is 309. The first kappa shape index (κ1) is 12.1. The molecule has 1 heterocycles. The summed E-state index contributed by atoms with van der Waals surface area (Å²) in [4.78, 5) is 9.46. The van der Waals surface area contributed by atoms with Gasteiger partial charge in [0.1, 0.15) is 5.82 Å². The molecule has 0 aliphatic carbocycles. The minimum atomic E-state index is -2.41. The van der Waals surface area contributed by atoms with Crippen molar-refractivity contribution < 1.29 is 8.78 Å². The fourth-order valence-corrected chi connectivity index (χ4v) is 1.47. The highest BCUT2D eigenvalue weighted by atomic mass is 35.5. The molecule has 0 aromatic carbocycles. The molecule has 1 rings (SSSR count). The molecule has 0 saturated heterocycles. The molecule has 84 valence electrons. The first-order valence-corrected chi connectivity index (χ1v) is 5.05. The summed E-state index contributed by atoms with van der Waals surface area (Å²) >= 11 is 5.55. The van der Waals surface area contributed by atoms with Crippen LogP contribution in [-0.4, -0.2) is 35.4 Å². The maximum atomic E-state index is 12.3. The normalized spacial score (nSPS) is 10.7. The van der Waals surface area contributed by atoms with Gasteiger partial charge in [-0.25, -0.2) is 13.8 Å². The number of halogens is 3. The Morgan fingerprint density at radius 1 is 1.40 bits per heavy atom. The van der Waals surface area contributed by atoms with Gasteiger partial charge in [0.15, 0.2) is 0 Å². The quantitative estimate of drug-likeness (QED) is 0.732. The predicted octanol–water partition coefficient (Wildman–Crippen LogP) is 2.10. The van der Waals surface area contributed by atoms with Crippen LogP contribution >= 0.6 is 11.6 Å². The first-order chi connectivity index (χ1) is 7.15. The molecule has 0 amide bonds. The summed E-state index contributed by atoms with van der Waals surface area (Å²) < 4.78 is 24.6. The molecule has 1 aromatic heterocycles. The molecular weight excluding hydrogens is 224 g/mol. The van der Waals surface area contributed by atoms with E-state index in [2.05, 4.69) is 9.97 Å². The van der Waals surface area contributed by atoms with Crippen LogP contribution in [0.25, 0.3) is 0 Å². The van der Waals surface area contributed by atoms with Gasteiger partial charge in [-0.15, -0.1) is 11.6 Å². The molecule has 0 aliphatic heterocycles. The fourth-order valence-electron chi connectivity index (χ4n) is 1.26. The summed E-state index contributed by atoms with van der Waals surface area (Å²) in [5.41, 5.74) is 0.628. The molecule has 15 heavy (non-hydrogen) atoms. The third-order valence-electron chi connectivity index (χ3n) is 1.87. The largest absolute Gasteiger partial charge is 0.348 e. The molecule has 0 unspecified atom stereocenters. The zero-order valence-corrected chi connectivity index (χ0v) is 9.08. The lowest BCUT2D eigenvalue weighted by molar-refractivity contribution is 0.155. The molecule has 0 aliphatic rings. The molecule has 3 nitrogen and oxygen atoms in total. The number of hydrogen-bond acceptors (Lipinski definition) is 3. The van der Waals surface area contributed by atoms with Crippen LogP contribution in [0, 0.1) is 6.92 Å². The Hall–Kier alpha value is -0.970. The molecule has 0 atom stereocenters. The van der Waals surface area contributed by atoms with Gasteiger partial charge in [-0.2, -0.15) is 0 Å². The van der Waals surface area contributed by atoms with E-state index < -0.39 is 6.43 Å². The van der Waals surface area contributed by atoms with Crippen molar-refractivity contribution in [3.8, 4) is 0 Å². The maximum Gasteiger partial charge on any atom is 0.255 e. The second-order valence-corrected chi connectivity index (χ2v) is 3.37. The van der Waals surface area contributed by atoms with E-state index in [4.69, 9.17) is 11.6 Å². The molecule has 0 N–H and O–H groups in total. The van der Waals surface area contributed by atoms with Crippen molar-refractivity contribution in [2.24, 2.45) is 0 Å². The molecule has 0 bridgehead atoms. The highest BCUT2D eigenvalue weighted by Gasteiger charge is 2.15. The second-order valence-electron chi connectivity index (χ2n) is 2.99. The molecular formula is C9H12ClF2N3. The number of aromatic nitrogens is 2. The average molecular weight is 236 g/mol. The van der Waals surface area contributed by atoms with Crippen molar-refractivity contribution in [1.29, 1.82) is 0 Å². The Labute approximate surface area is 92.1 Å². The monoisotopic (exact) mass is 235 g/mol. The summed E-state index contributed by atoms with van der Waals surface area (Å²) in [5.74, 6) is 0.751. The number of anilines is 1. The number of aryl methyl sites for hydroxylation is 1. The average Bonchev–Trinajstić information content (AvgIpc) is 2.17. The molecule has 0 spiro atoms. The summed E-state index contributed by atoms with van der Waals surface area (Å²) in [6.45, 7) is 1.70. The van der Waals surface area contributed by atoms with Gasteiger partial charge in [-0.1, -0.05) is 0 Å². The number of rotatable bonds is 5. The van der Waals surface area contributed by atoms with Crippen LogP contribution in [0.2, 0.25) is 0 Å². The van der Waals surface area contributed by atoms with Crippen LogP contribution in [0.3, 0.4) is 0 Å². The third kappa shape index (κ3) is 3.58. The van der Waals surface area contributed by atoms with Crippen LogP contribution < -0.4 is 4.90 Å². The number of nitrogens with zero attached hydrogens (tertiary/aromatic N) is 3. The van der Waals surface area contributed by atoms with E-state index in [0.29, 0.717) is 18.1 Å². The predicted molar refractivity (Wildman–Crippen MR) is 55.7 cm³/mol. The smallest absolute Gasteiger partial charge is 0.255 e. The fraction of sp³-hybridized carbons (Fsp3) is 0.556. The van der Waals surface area contributed by atoms with Crippen molar-refractivity contribution >= 4 is 17.4 Å². The van der Waals surface area contributed by atoms with Gasteiger partial charge in [0.05, 0.1) is 12.2 Å². The molecule has 6 heteroatoms. The van der Waals surface area contributed by atoms with Crippen molar-refractivity contribution in [2.45, 2.75) is 13.3 Å². The summed E-state index contributed by atoms with van der Waals surface area (Å²) in [7, 11) is 0. The highest BCUT2D eigenvalue weighted by molar-refractivity contribution is 6.18. The number of alkyl halides is 3. The molecule has 1 aromatic rings. The second kappa shape index (κ2) is 5.80. The Balaban J connectivity index is 2.83. The van der Waals surface area contributed by atoms with Crippen molar-refractivity contribution in [1.82, 2.24) is 9.97 Å². The van der Waals surface area contributed by atoms with Gasteiger partial charge in [-0.05, 0) is 6.92 Å². The van der Waals surface area contributed by atoms with Gasteiger partial charge < -0.3 is 4.90 Å². The van der Waals surface area contributed by atoms with E-state index in [1.54, 1.807) is 6.92 Å². The maximum absolute atomic E-state index is 12.3. The zero-order valence-electron chi connectivity index (χ0n) is 8.33. The SMILES string of the molecule is Cc1nccnc1N(CCCl)CC(F)F. The lowest BCUT2D eigenvalue weighted by Gasteiger charge is -2.22. The van der Waals surface area contributed by atoms with Crippen LogP contribution in [0.1, 0.15) is 5.69 Å². The standard InChI is InChI=1S/C9H12ClF2N3/c1-7-9(14-4-3-13-7)15(5-2-10)6-8(11)12/h3-4,8H,2,5-6H2,1H3. The zero-order chi connectivity index (χ0) is 11.3. The Kier molecular flexibility index (Phi) is 4.68. The van der Waals surface area contributed by atoms with Gasteiger partial charge >= 0.3 is 0 Å². The Morgan fingerprint density at radius 3 is 2.60 bits per heavy atom. The summed E-state index contributed by atoms with van der Waals surface area (Å²) in [5, 5.41) is 0. The first-order valence-electron chi connectivity index (χ1n) is 4.51. The van der Waals surface area contributed by atoms with E-state index in [1.165, 1.54) is 17.3 Å². The van der Waals surface area contributed by atoms with Crippen molar-refractivity contribution in [3.05, 3.63) is 18.1 Å². The van der Waals surface area contributed by atoms with Crippen LogP contribution in [0.4, 0.5) is 14.6 Å². The molecule has 0 radical (unpaired) electrons. The molecule has 0 fully saturated rings. The Morgan fingerprint density at radius 2 is 2.07 bits per heavy atom. The van der Waals surface area contributed by atoms with E-state index in [-0.39, 0.29) is 12.4 Å². The summed E-state index contributed by atoms with van der Waals surface area (Å²) in [6, 6.07) is 0. The van der Waals surface area contributed by atoms with E-state index in [0.717, 1.165) is 0 Å². The van der Waals surface area contributed by atoms with Crippen molar-refractivity contribution in [2.75, 3.05) is 23.9 Å². The van der Waals surface area contributed by atoms with E-state index in [1.807, 2.05) is 0 Å². The highest BCUT2D eigenvalue weighted by Crippen LogP contribution is 2.15. The van der Waals surface area contributed by atoms with Crippen molar-refractivity contribution in [3.63, 3.8) is 0 Å². The number of hydrogen-bond donors (Lipinski definition) is 0. The van der Waals surface area contributed by atoms with Gasteiger partial charge in [-0.3, -0.25) is 4.98 Å². The third-order valence-corrected chi connectivity index (χ3v) is 2.04. The van der Waals surface area contributed by atoms with E-state index >= 15 is 0 Å².